The summed E-state index contributed by atoms with van der Waals surface area (Å²) in [6, 6.07) is 3.95. The van der Waals surface area contributed by atoms with Crippen molar-refractivity contribution >= 4 is 5.82 Å². The highest BCUT2D eigenvalue weighted by Gasteiger charge is 2.17. The molecule has 0 unspecified atom stereocenters. The number of aromatic nitrogens is 1. The molecule has 0 radical (unpaired) electrons. The molecule has 1 aliphatic carbocycles. The summed E-state index contributed by atoms with van der Waals surface area (Å²) in [7, 11) is 2.10. The first-order chi connectivity index (χ1) is 8.16. The maximum absolute atomic E-state index is 9.43. The van der Waals surface area contributed by atoms with Gasteiger partial charge >= 0.3 is 0 Å². The van der Waals surface area contributed by atoms with E-state index < -0.39 is 6.10 Å². The monoisotopic (exact) mass is 234 g/mol. The van der Waals surface area contributed by atoms with Crippen LogP contribution in [0.3, 0.4) is 0 Å². The van der Waals surface area contributed by atoms with Crippen LogP contribution in [0.25, 0.3) is 0 Å². The average Bonchev–Trinajstić information content (AvgIpc) is 2.82. The maximum atomic E-state index is 9.43. The number of aliphatic hydroxyl groups excluding tert-OH is 1. The number of aliphatic hydroxyl groups is 1. The van der Waals surface area contributed by atoms with Gasteiger partial charge in [-0.15, -0.1) is 0 Å². The summed E-state index contributed by atoms with van der Waals surface area (Å²) >= 11 is 0. The van der Waals surface area contributed by atoms with Crippen molar-refractivity contribution in [2.45, 2.75) is 38.7 Å². The highest BCUT2D eigenvalue weighted by atomic mass is 16.3. The predicted molar refractivity (Wildman–Crippen MR) is 70.1 cm³/mol. The van der Waals surface area contributed by atoms with Crippen LogP contribution in [0, 0.1) is 5.92 Å². The Bertz CT molecular complexity index is 342. The van der Waals surface area contributed by atoms with Gasteiger partial charge < -0.3 is 10.0 Å². The van der Waals surface area contributed by atoms with Crippen molar-refractivity contribution in [1.82, 2.24) is 4.98 Å². The van der Waals surface area contributed by atoms with Crippen molar-refractivity contribution < 1.29 is 5.11 Å². The molecule has 1 aromatic rings. The van der Waals surface area contributed by atoms with Crippen molar-refractivity contribution in [2.75, 3.05) is 18.5 Å². The molecule has 1 aromatic heterocycles. The van der Waals surface area contributed by atoms with Crippen LogP contribution in [0.5, 0.6) is 0 Å². The summed E-state index contributed by atoms with van der Waals surface area (Å²) < 4.78 is 0. The Labute approximate surface area is 103 Å². The first-order valence-electron chi connectivity index (χ1n) is 6.52. The minimum atomic E-state index is -0.434. The first kappa shape index (κ1) is 12.4. The Morgan fingerprint density at radius 3 is 2.65 bits per heavy atom. The van der Waals surface area contributed by atoms with E-state index in [0.717, 1.165) is 23.8 Å². The quantitative estimate of drug-likeness (QED) is 0.870. The van der Waals surface area contributed by atoms with E-state index in [4.69, 9.17) is 0 Å². The van der Waals surface area contributed by atoms with Gasteiger partial charge in [0.25, 0.3) is 0 Å². The molecule has 0 aromatic carbocycles. The summed E-state index contributed by atoms with van der Waals surface area (Å²) in [6.07, 6.45) is 6.81. The van der Waals surface area contributed by atoms with Gasteiger partial charge in [0.15, 0.2) is 0 Å². The van der Waals surface area contributed by atoms with Crippen LogP contribution in [0.2, 0.25) is 0 Å². The second-order valence-electron chi connectivity index (χ2n) is 5.16. The van der Waals surface area contributed by atoms with Crippen LogP contribution in [0.4, 0.5) is 5.82 Å². The summed E-state index contributed by atoms with van der Waals surface area (Å²) in [5, 5.41) is 9.43. The van der Waals surface area contributed by atoms with Gasteiger partial charge in [-0.3, -0.25) is 0 Å². The lowest BCUT2D eigenvalue weighted by Gasteiger charge is -2.22. The molecular weight excluding hydrogens is 212 g/mol. The number of rotatable bonds is 4. The lowest BCUT2D eigenvalue weighted by molar-refractivity contribution is 0.199. The second kappa shape index (κ2) is 5.50. The van der Waals surface area contributed by atoms with Gasteiger partial charge in [0.2, 0.25) is 0 Å². The Hall–Kier alpha value is -1.09. The molecule has 1 fully saturated rings. The zero-order valence-electron chi connectivity index (χ0n) is 10.8. The molecule has 0 amide bonds. The molecule has 17 heavy (non-hydrogen) atoms. The Balaban J connectivity index is 1.96. The molecule has 0 bridgehead atoms. The molecule has 1 heterocycles. The fourth-order valence-electron chi connectivity index (χ4n) is 2.54. The number of pyridine rings is 1. The Morgan fingerprint density at radius 1 is 1.41 bits per heavy atom. The number of anilines is 1. The highest BCUT2D eigenvalue weighted by molar-refractivity contribution is 5.38. The van der Waals surface area contributed by atoms with Gasteiger partial charge in [0.05, 0.1) is 6.10 Å². The minimum Gasteiger partial charge on any atom is -0.389 e. The first-order valence-corrected chi connectivity index (χ1v) is 6.52. The van der Waals surface area contributed by atoms with E-state index in [1.54, 1.807) is 13.1 Å². The topological polar surface area (TPSA) is 36.4 Å². The zero-order valence-corrected chi connectivity index (χ0v) is 10.8. The van der Waals surface area contributed by atoms with Gasteiger partial charge in [-0.05, 0) is 37.3 Å². The minimum absolute atomic E-state index is 0.434. The standard InChI is InChI=1S/C14H22N2O/c1-11(17)13-7-8-14(15-9-13)16(2)10-12-5-3-4-6-12/h7-9,11-12,17H,3-6,10H2,1-2H3/t11-/m0/s1. The number of hydrogen-bond acceptors (Lipinski definition) is 3. The molecule has 94 valence electrons. The molecule has 0 saturated heterocycles. The van der Waals surface area contributed by atoms with Crippen molar-refractivity contribution in [3.8, 4) is 0 Å². The zero-order chi connectivity index (χ0) is 12.3. The number of nitrogens with zero attached hydrogens (tertiary/aromatic N) is 2. The molecular formula is C14H22N2O. The summed E-state index contributed by atoms with van der Waals surface area (Å²) in [5.41, 5.74) is 0.878. The number of hydrogen-bond donors (Lipinski definition) is 1. The van der Waals surface area contributed by atoms with Gasteiger partial charge in [0, 0.05) is 19.8 Å². The third-order valence-corrected chi connectivity index (χ3v) is 3.65. The smallest absolute Gasteiger partial charge is 0.128 e. The van der Waals surface area contributed by atoms with Gasteiger partial charge in [-0.2, -0.15) is 0 Å². The Morgan fingerprint density at radius 2 is 2.12 bits per heavy atom. The fourth-order valence-corrected chi connectivity index (χ4v) is 2.54. The van der Waals surface area contributed by atoms with Crippen molar-refractivity contribution in [2.24, 2.45) is 5.92 Å². The van der Waals surface area contributed by atoms with Crippen LogP contribution in [-0.2, 0) is 0 Å². The lowest BCUT2D eigenvalue weighted by Crippen LogP contribution is -2.24. The predicted octanol–water partition coefficient (Wildman–Crippen LogP) is 2.76. The Kier molecular flexibility index (Phi) is 4.00. The van der Waals surface area contributed by atoms with E-state index >= 15 is 0 Å². The molecule has 1 N–H and O–H groups in total. The maximum Gasteiger partial charge on any atom is 0.128 e. The van der Waals surface area contributed by atoms with Crippen LogP contribution >= 0.6 is 0 Å². The lowest BCUT2D eigenvalue weighted by atomic mass is 10.1. The fraction of sp³-hybridized carbons (Fsp3) is 0.643. The molecule has 1 atom stereocenters. The molecule has 3 nitrogen and oxygen atoms in total. The third-order valence-electron chi connectivity index (χ3n) is 3.65. The van der Waals surface area contributed by atoms with Crippen LogP contribution in [0.1, 0.15) is 44.3 Å². The molecule has 3 heteroatoms. The van der Waals surface area contributed by atoms with Crippen molar-refractivity contribution in [1.29, 1.82) is 0 Å². The summed E-state index contributed by atoms with van der Waals surface area (Å²) in [4.78, 5) is 6.63. The van der Waals surface area contributed by atoms with Crippen LogP contribution < -0.4 is 4.90 Å². The molecule has 2 rings (SSSR count). The third kappa shape index (κ3) is 3.19. The van der Waals surface area contributed by atoms with Crippen molar-refractivity contribution in [3.05, 3.63) is 23.9 Å². The van der Waals surface area contributed by atoms with Gasteiger partial charge in [-0.1, -0.05) is 18.9 Å². The molecule has 0 spiro atoms. The largest absolute Gasteiger partial charge is 0.389 e. The van der Waals surface area contributed by atoms with Gasteiger partial charge in [-0.25, -0.2) is 4.98 Å². The van der Waals surface area contributed by atoms with E-state index in [2.05, 4.69) is 16.9 Å². The van der Waals surface area contributed by atoms with E-state index in [-0.39, 0.29) is 0 Å². The van der Waals surface area contributed by atoms with Crippen LogP contribution in [-0.4, -0.2) is 23.7 Å². The van der Waals surface area contributed by atoms with E-state index in [1.807, 2.05) is 12.1 Å². The van der Waals surface area contributed by atoms with Crippen molar-refractivity contribution in [3.63, 3.8) is 0 Å². The second-order valence-corrected chi connectivity index (χ2v) is 5.16. The molecule has 1 aliphatic rings. The van der Waals surface area contributed by atoms with Gasteiger partial charge in [0.1, 0.15) is 5.82 Å². The SMILES string of the molecule is C[C@H](O)c1ccc(N(C)CC2CCCC2)nc1. The highest BCUT2D eigenvalue weighted by Crippen LogP contribution is 2.26. The van der Waals surface area contributed by atoms with Crippen LogP contribution in [0.15, 0.2) is 18.3 Å². The summed E-state index contributed by atoms with van der Waals surface area (Å²) in [5.74, 6) is 1.83. The summed E-state index contributed by atoms with van der Waals surface area (Å²) in [6.45, 7) is 2.86. The molecule has 0 aliphatic heterocycles. The van der Waals surface area contributed by atoms with E-state index in [9.17, 15) is 5.11 Å². The molecule has 1 saturated carbocycles. The van der Waals surface area contributed by atoms with E-state index in [1.165, 1.54) is 25.7 Å². The van der Waals surface area contributed by atoms with E-state index in [0.29, 0.717) is 0 Å². The average molecular weight is 234 g/mol. The normalized spacial score (nSPS) is 18.3.